The Kier molecular flexibility index (Phi) is 5.02. The Labute approximate surface area is 138 Å². The summed E-state index contributed by atoms with van der Waals surface area (Å²) in [6.07, 6.45) is 0.582. The monoisotopic (exact) mass is 357 g/mol. The molecule has 0 saturated carbocycles. The van der Waals surface area contributed by atoms with E-state index in [4.69, 9.17) is 5.11 Å². The quantitative estimate of drug-likeness (QED) is 0.745. The molecular weight excluding hydrogens is 341 g/mol. The Balaban J connectivity index is 2.47. The summed E-state index contributed by atoms with van der Waals surface area (Å²) in [4.78, 5) is 35.9. The van der Waals surface area contributed by atoms with Crippen molar-refractivity contribution in [2.45, 2.75) is 24.1 Å². The van der Waals surface area contributed by atoms with E-state index in [1.54, 1.807) is 0 Å². The van der Waals surface area contributed by atoms with Gasteiger partial charge in [-0.25, -0.2) is 12.8 Å². The van der Waals surface area contributed by atoms with Gasteiger partial charge in [-0.1, -0.05) is 18.2 Å². The van der Waals surface area contributed by atoms with Crippen LogP contribution in [0.15, 0.2) is 24.3 Å². The average molecular weight is 357 g/mol. The first-order chi connectivity index (χ1) is 11.1. The number of Topliss-reactive ketones (excluding diaryl/α,β-unsaturated/α-hetero) is 1. The summed E-state index contributed by atoms with van der Waals surface area (Å²) in [6.45, 7) is -0.151. The molecule has 1 heterocycles. The van der Waals surface area contributed by atoms with Gasteiger partial charge in [0.2, 0.25) is 5.78 Å². The molecule has 0 aromatic heterocycles. The van der Waals surface area contributed by atoms with Crippen LogP contribution in [0.25, 0.3) is 0 Å². The summed E-state index contributed by atoms with van der Waals surface area (Å²) in [7, 11) is -3.97. The third kappa shape index (κ3) is 3.45. The highest BCUT2D eigenvalue weighted by atomic mass is 32.2. The average Bonchev–Trinajstić information content (AvgIpc) is 2.72. The molecule has 1 aliphatic heterocycles. The second kappa shape index (κ2) is 6.68. The molecule has 1 aromatic carbocycles. The first-order valence-electron chi connectivity index (χ1n) is 7.14. The topological polar surface area (TPSA) is 109 Å². The lowest BCUT2D eigenvalue weighted by Gasteiger charge is -2.27. The maximum Gasteiger partial charge on any atom is 0.303 e. The maximum absolute atomic E-state index is 14.1. The third-order valence-corrected chi connectivity index (χ3v) is 5.22. The van der Waals surface area contributed by atoms with Gasteiger partial charge in [-0.3, -0.25) is 14.4 Å². The Morgan fingerprint density at radius 1 is 1.29 bits per heavy atom. The van der Waals surface area contributed by atoms with Gasteiger partial charge in [0.1, 0.15) is 5.82 Å². The molecule has 1 aromatic rings. The van der Waals surface area contributed by atoms with Gasteiger partial charge in [-0.05, 0) is 12.5 Å². The number of carboxylic acids is 1. The zero-order valence-electron chi connectivity index (χ0n) is 12.8. The van der Waals surface area contributed by atoms with Gasteiger partial charge >= 0.3 is 5.97 Å². The van der Waals surface area contributed by atoms with E-state index in [2.05, 4.69) is 0 Å². The number of carbonyl (C=O) groups is 3. The number of rotatable bonds is 6. The van der Waals surface area contributed by atoms with Gasteiger partial charge in [0, 0.05) is 24.8 Å². The standard InChI is InChI=1S/C15H16FNO6S/c1-24(22,23)14-12(9-5-2-3-6-10(9)16)17(15(21)13(14)20)8-4-7-11(18)19/h2-3,5-6,12,14H,4,7-8H2,1H3,(H,18,19)/t12-,14+/m1/s1. The number of sulfone groups is 1. The minimum atomic E-state index is -3.97. The lowest BCUT2D eigenvalue weighted by atomic mass is 10.0. The van der Waals surface area contributed by atoms with Crippen molar-refractivity contribution in [2.24, 2.45) is 0 Å². The van der Waals surface area contributed by atoms with Crippen molar-refractivity contribution in [3.05, 3.63) is 35.6 Å². The molecule has 130 valence electrons. The molecule has 0 bridgehead atoms. The Morgan fingerprint density at radius 3 is 2.46 bits per heavy atom. The van der Waals surface area contributed by atoms with Crippen LogP contribution in [0.1, 0.15) is 24.4 Å². The van der Waals surface area contributed by atoms with Crippen LogP contribution < -0.4 is 0 Å². The fraction of sp³-hybridized carbons (Fsp3) is 0.400. The molecule has 2 atom stereocenters. The number of nitrogens with zero attached hydrogens (tertiary/aromatic N) is 1. The van der Waals surface area contributed by atoms with Crippen LogP contribution in [0.5, 0.6) is 0 Å². The van der Waals surface area contributed by atoms with Gasteiger partial charge in [0.05, 0.1) is 6.04 Å². The predicted octanol–water partition coefficient (Wildman–Crippen LogP) is 0.556. The molecule has 1 amide bonds. The van der Waals surface area contributed by atoms with E-state index in [-0.39, 0.29) is 24.9 Å². The summed E-state index contributed by atoms with van der Waals surface area (Å²) < 4.78 is 38.1. The van der Waals surface area contributed by atoms with E-state index in [1.807, 2.05) is 0 Å². The number of aliphatic carboxylic acids is 1. The molecular formula is C15H16FNO6S. The molecule has 0 unspecified atom stereocenters. The molecule has 1 N–H and O–H groups in total. The van der Waals surface area contributed by atoms with E-state index in [1.165, 1.54) is 18.2 Å². The lowest BCUT2D eigenvalue weighted by molar-refractivity contribution is -0.141. The second-order valence-corrected chi connectivity index (χ2v) is 7.74. The number of likely N-dealkylation sites (tertiary alicyclic amines) is 1. The predicted molar refractivity (Wildman–Crippen MR) is 81.4 cm³/mol. The summed E-state index contributed by atoms with van der Waals surface area (Å²) in [5, 5.41) is 6.99. The maximum atomic E-state index is 14.1. The lowest BCUT2D eigenvalue weighted by Crippen LogP contribution is -2.34. The van der Waals surface area contributed by atoms with Crippen LogP contribution in [0.4, 0.5) is 4.39 Å². The van der Waals surface area contributed by atoms with Crippen molar-refractivity contribution in [1.82, 2.24) is 4.90 Å². The first-order valence-corrected chi connectivity index (χ1v) is 9.10. The molecule has 0 aliphatic carbocycles. The normalized spacial score (nSPS) is 21.3. The van der Waals surface area contributed by atoms with E-state index in [0.29, 0.717) is 0 Å². The van der Waals surface area contributed by atoms with E-state index in [9.17, 15) is 27.2 Å². The van der Waals surface area contributed by atoms with Crippen molar-refractivity contribution in [2.75, 3.05) is 12.8 Å². The summed E-state index contributed by atoms with van der Waals surface area (Å²) in [5.41, 5.74) is -0.0811. The molecule has 9 heteroatoms. The van der Waals surface area contributed by atoms with E-state index < -0.39 is 44.6 Å². The molecule has 1 aliphatic rings. The van der Waals surface area contributed by atoms with E-state index >= 15 is 0 Å². The summed E-state index contributed by atoms with van der Waals surface area (Å²) >= 11 is 0. The number of benzene rings is 1. The number of carboxylic acid groups (broad SMARTS) is 1. The van der Waals surface area contributed by atoms with Gasteiger partial charge in [0.15, 0.2) is 15.1 Å². The van der Waals surface area contributed by atoms with Crippen molar-refractivity contribution < 1.29 is 32.3 Å². The first kappa shape index (κ1) is 18.1. The largest absolute Gasteiger partial charge is 0.481 e. The highest BCUT2D eigenvalue weighted by molar-refractivity contribution is 7.92. The number of halogens is 1. The Bertz CT molecular complexity index is 791. The van der Waals surface area contributed by atoms with Crippen molar-refractivity contribution >= 4 is 27.5 Å². The zero-order chi connectivity index (χ0) is 18.1. The third-order valence-electron chi connectivity index (χ3n) is 3.83. The Hall–Kier alpha value is -2.29. The van der Waals surface area contributed by atoms with Crippen LogP contribution in [0, 0.1) is 5.82 Å². The van der Waals surface area contributed by atoms with Gasteiger partial charge in [0.25, 0.3) is 5.91 Å². The molecule has 0 radical (unpaired) electrons. The van der Waals surface area contributed by atoms with Crippen LogP contribution in [0.3, 0.4) is 0 Å². The van der Waals surface area contributed by atoms with Gasteiger partial charge in [-0.2, -0.15) is 0 Å². The van der Waals surface area contributed by atoms with Gasteiger partial charge < -0.3 is 10.0 Å². The Morgan fingerprint density at radius 2 is 1.92 bits per heavy atom. The number of hydrogen-bond donors (Lipinski definition) is 1. The fourth-order valence-corrected chi connectivity index (χ4v) is 4.06. The molecule has 1 fully saturated rings. The van der Waals surface area contributed by atoms with Gasteiger partial charge in [-0.15, -0.1) is 0 Å². The van der Waals surface area contributed by atoms with Crippen molar-refractivity contribution in [1.29, 1.82) is 0 Å². The SMILES string of the molecule is CS(=O)(=O)[C@@H]1C(=O)C(=O)N(CCCC(=O)O)[C@@H]1c1ccccc1F. The minimum absolute atomic E-state index is 0.0236. The van der Waals surface area contributed by atoms with Crippen molar-refractivity contribution in [3.8, 4) is 0 Å². The zero-order valence-corrected chi connectivity index (χ0v) is 13.6. The van der Waals surface area contributed by atoms with E-state index in [0.717, 1.165) is 17.2 Å². The second-order valence-electron chi connectivity index (χ2n) is 5.58. The molecule has 7 nitrogen and oxygen atoms in total. The summed E-state index contributed by atoms with van der Waals surface area (Å²) in [5.74, 6) is -3.98. The number of hydrogen-bond acceptors (Lipinski definition) is 5. The number of carbonyl (C=O) groups excluding carboxylic acids is 2. The molecule has 2 rings (SSSR count). The van der Waals surface area contributed by atoms with Crippen LogP contribution >= 0.6 is 0 Å². The molecule has 0 spiro atoms. The highest BCUT2D eigenvalue weighted by Gasteiger charge is 2.53. The molecule has 24 heavy (non-hydrogen) atoms. The number of ketones is 1. The highest BCUT2D eigenvalue weighted by Crippen LogP contribution is 2.36. The van der Waals surface area contributed by atoms with Crippen LogP contribution in [0.2, 0.25) is 0 Å². The molecule has 1 saturated heterocycles. The minimum Gasteiger partial charge on any atom is -0.481 e. The summed E-state index contributed by atoms with van der Waals surface area (Å²) in [6, 6.07) is 4.00. The van der Waals surface area contributed by atoms with Crippen LogP contribution in [-0.4, -0.2) is 54.1 Å². The number of amides is 1. The van der Waals surface area contributed by atoms with Crippen LogP contribution in [-0.2, 0) is 24.2 Å². The van der Waals surface area contributed by atoms with Crippen molar-refractivity contribution in [3.63, 3.8) is 0 Å². The fourth-order valence-electron chi connectivity index (χ4n) is 2.81. The smallest absolute Gasteiger partial charge is 0.303 e.